The molecule has 0 unspecified atom stereocenters. The number of halogens is 1. The third-order valence-corrected chi connectivity index (χ3v) is 1.76. The topological polar surface area (TPSA) is 49.8 Å². The zero-order chi connectivity index (χ0) is 10.5. The summed E-state index contributed by atoms with van der Waals surface area (Å²) in [6, 6.07) is 7.73. The van der Waals surface area contributed by atoms with E-state index in [0.29, 0.717) is 5.82 Å². The first-order valence-corrected chi connectivity index (χ1v) is 4.38. The summed E-state index contributed by atoms with van der Waals surface area (Å²) in [5, 5.41) is 0. The summed E-state index contributed by atoms with van der Waals surface area (Å²) in [6.07, 6.45) is 3.07. The van der Waals surface area contributed by atoms with E-state index in [1.54, 1.807) is 24.4 Å². The van der Waals surface area contributed by atoms with Crippen molar-refractivity contribution in [2.24, 2.45) is 0 Å². The van der Waals surface area contributed by atoms with E-state index in [1.165, 1.54) is 18.5 Å². The van der Waals surface area contributed by atoms with Crippen molar-refractivity contribution >= 4 is 11.5 Å². The average molecular weight is 204 g/mol. The van der Waals surface area contributed by atoms with Gasteiger partial charge in [-0.25, -0.2) is 14.4 Å². The molecule has 15 heavy (non-hydrogen) atoms. The average Bonchev–Trinajstić information content (AvgIpc) is 2.30. The van der Waals surface area contributed by atoms with Gasteiger partial charge in [-0.15, -0.1) is 0 Å². The number of rotatable bonds is 3. The second kappa shape index (κ2) is 4.36. The maximum atomic E-state index is 12.6. The van der Waals surface area contributed by atoms with E-state index in [9.17, 15) is 4.39 Å². The van der Waals surface area contributed by atoms with Crippen LogP contribution >= 0.6 is 0 Å². The molecule has 0 atom stereocenters. The Kier molecular flexibility index (Phi) is 2.73. The molecule has 1 heterocycles. The fourth-order valence-electron chi connectivity index (χ4n) is 1.03. The molecule has 5 heteroatoms. The van der Waals surface area contributed by atoms with Crippen molar-refractivity contribution in [1.82, 2.24) is 9.97 Å². The predicted octanol–water partition coefficient (Wildman–Crippen LogP) is 2.05. The van der Waals surface area contributed by atoms with E-state index in [4.69, 9.17) is 0 Å². The SMILES string of the molecule is Fc1ccc(NNc2ccncn2)cc1. The van der Waals surface area contributed by atoms with Crippen LogP contribution in [0.25, 0.3) is 0 Å². The standard InChI is InChI=1S/C10H9FN4/c11-8-1-3-9(4-2-8)14-15-10-5-6-12-7-13-10/h1-7,14H,(H,12,13,15). The fraction of sp³-hybridized carbons (Fsp3) is 0. The molecule has 2 rings (SSSR count). The highest BCUT2D eigenvalue weighted by molar-refractivity contribution is 5.48. The van der Waals surface area contributed by atoms with Crippen molar-refractivity contribution in [3.8, 4) is 0 Å². The van der Waals surface area contributed by atoms with Gasteiger partial charge >= 0.3 is 0 Å². The Morgan fingerprint density at radius 2 is 1.80 bits per heavy atom. The first kappa shape index (κ1) is 9.39. The Hall–Kier alpha value is -2.17. The minimum atomic E-state index is -0.261. The Morgan fingerprint density at radius 3 is 2.47 bits per heavy atom. The first-order valence-electron chi connectivity index (χ1n) is 4.38. The summed E-state index contributed by atoms with van der Waals surface area (Å²) in [4.78, 5) is 7.74. The largest absolute Gasteiger partial charge is 0.300 e. The van der Waals surface area contributed by atoms with Gasteiger partial charge in [0.05, 0.1) is 5.69 Å². The van der Waals surface area contributed by atoms with Gasteiger partial charge < -0.3 is 0 Å². The lowest BCUT2D eigenvalue weighted by molar-refractivity contribution is 0.628. The Bertz CT molecular complexity index is 415. The Balaban J connectivity index is 1.96. The molecule has 0 aliphatic rings. The zero-order valence-electron chi connectivity index (χ0n) is 7.81. The summed E-state index contributed by atoms with van der Waals surface area (Å²) in [5.41, 5.74) is 6.50. The molecule has 0 radical (unpaired) electrons. The Morgan fingerprint density at radius 1 is 1.00 bits per heavy atom. The minimum absolute atomic E-state index is 0.261. The summed E-state index contributed by atoms with van der Waals surface area (Å²) in [5.74, 6) is 0.386. The number of hydrogen-bond donors (Lipinski definition) is 2. The molecule has 2 N–H and O–H groups in total. The van der Waals surface area contributed by atoms with Gasteiger partial charge in [-0.1, -0.05) is 0 Å². The maximum absolute atomic E-state index is 12.6. The highest BCUT2D eigenvalue weighted by Gasteiger charge is 1.93. The van der Waals surface area contributed by atoms with E-state index in [0.717, 1.165) is 5.69 Å². The van der Waals surface area contributed by atoms with Gasteiger partial charge in [-0.3, -0.25) is 10.9 Å². The minimum Gasteiger partial charge on any atom is -0.300 e. The zero-order valence-corrected chi connectivity index (χ0v) is 7.81. The van der Waals surface area contributed by atoms with Crippen molar-refractivity contribution in [2.75, 3.05) is 10.9 Å². The summed E-state index contributed by atoms with van der Waals surface area (Å²) in [7, 11) is 0. The predicted molar refractivity (Wildman–Crippen MR) is 55.7 cm³/mol. The van der Waals surface area contributed by atoms with Crippen LogP contribution in [0.2, 0.25) is 0 Å². The molecule has 0 aliphatic heterocycles. The lowest BCUT2D eigenvalue weighted by Gasteiger charge is -2.07. The van der Waals surface area contributed by atoms with Gasteiger partial charge in [0, 0.05) is 12.3 Å². The van der Waals surface area contributed by atoms with Gasteiger partial charge in [0.15, 0.2) is 0 Å². The van der Waals surface area contributed by atoms with Crippen LogP contribution in [0, 0.1) is 5.82 Å². The molecule has 0 aliphatic carbocycles. The molecular weight excluding hydrogens is 195 g/mol. The molecule has 4 nitrogen and oxygen atoms in total. The third kappa shape index (κ3) is 2.63. The number of hydrazine groups is 1. The van der Waals surface area contributed by atoms with E-state index in [-0.39, 0.29) is 5.82 Å². The normalized spacial score (nSPS) is 9.67. The lowest BCUT2D eigenvalue weighted by Crippen LogP contribution is -2.09. The number of anilines is 2. The molecule has 0 saturated heterocycles. The number of hydrogen-bond acceptors (Lipinski definition) is 4. The molecule has 76 valence electrons. The molecule has 0 amide bonds. The van der Waals surface area contributed by atoms with Gasteiger partial charge in [0.1, 0.15) is 18.0 Å². The van der Waals surface area contributed by atoms with E-state index >= 15 is 0 Å². The van der Waals surface area contributed by atoms with Crippen LogP contribution < -0.4 is 10.9 Å². The van der Waals surface area contributed by atoms with Crippen molar-refractivity contribution < 1.29 is 4.39 Å². The lowest BCUT2D eigenvalue weighted by atomic mass is 10.3. The molecule has 0 saturated carbocycles. The molecular formula is C10H9FN4. The van der Waals surface area contributed by atoms with Crippen molar-refractivity contribution in [3.63, 3.8) is 0 Å². The van der Waals surface area contributed by atoms with Crippen LogP contribution in [-0.4, -0.2) is 9.97 Å². The number of aromatic nitrogens is 2. The fourth-order valence-corrected chi connectivity index (χ4v) is 1.03. The Labute approximate surface area is 86.2 Å². The van der Waals surface area contributed by atoms with Gasteiger partial charge in [-0.2, -0.15) is 0 Å². The summed E-state index contributed by atoms with van der Waals surface area (Å²) in [6.45, 7) is 0. The van der Waals surface area contributed by atoms with Crippen molar-refractivity contribution in [1.29, 1.82) is 0 Å². The van der Waals surface area contributed by atoms with Crippen LogP contribution in [0.15, 0.2) is 42.9 Å². The monoisotopic (exact) mass is 204 g/mol. The van der Waals surface area contributed by atoms with E-state index in [2.05, 4.69) is 20.8 Å². The molecule has 1 aromatic carbocycles. The molecule has 2 aromatic rings. The van der Waals surface area contributed by atoms with Gasteiger partial charge in [0.25, 0.3) is 0 Å². The molecule has 1 aromatic heterocycles. The quantitative estimate of drug-likeness (QED) is 0.751. The van der Waals surface area contributed by atoms with Gasteiger partial charge in [-0.05, 0) is 24.3 Å². The van der Waals surface area contributed by atoms with Crippen LogP contribution in [0.1, 0.15) is 0 Å². The molecule has 0 fully saturated rings. The number of nitrogens with one attached hydrogen (secondary N) is 2. The number of nitrogens with zero attached hydrogens (tertiary/aromatic N) is 2. The van der Waals surface area contributed by atoms with Crippen LogP contribution in [0.4, 0.5) is 15.9 Å². The highest BCUT2D eigenvalue weighted by atomic mass is 19.1. The number of benzene rings is 1. The van der Waals surface area contributed by atoms with Gasteiger partial charge in [0.2, 0.25) is 0 Å². The second-order valence-corrected chi connectivity index (χ2v) is 2.85. The summed E-state index contributed by atoms with van der Waals surface area (Å²) < 4.78 is 12.6. The maximum Gasteiger partial charge on any atom is 0.147 e. The van der Waals surface area contributed by atoms with E-state index in [1.807, 2.05) is 0 Å². The highest BCUT2D eigenvalue weighted by Crippen LogP contribution is 2.08. The third-order valence-electron chi connectivity index (χ3n) is 1.76. The van der Waals surface area contributed by atoms with Crippen molar-refractivity contribution in [3.05, 3.63) is 48.7 Å². The van der Waals surface area contributed by atoms with Crippen LogP contribution in [0.3, 0.4) is 0 Å². The summed E-state index contributed by atoms with van der Waals surface area (Å²) >= 11 is 0. The smallest absolute Gasteiger partial charge is 0.147 e. The van der Waals surface area contributed by atoms with E-state index < -0.39 is 0 Å². The molecule has 0 spiro atoms. The molecule has 0 bridgehead atoms. The van der Waals surface area contributed by atoms with Crippen molar-refractivity contribution in [2.45, 2.75) is 0 Å². The van der Waals surface area contributed by atoms with Crippen LogP contribution in [-0.2, 0) is 0 Å². The van der Waals surface area contributed by atoms with Crippen LogP contribution in [0.5, 0.6) is 0 Å². The second-order valence-electron chi connectivity index (χ2n) is 2.85. The first-order chi connectivity index (χ1) is 7.34.